The fourth-order valence-electron chi connectivity index (χ4n) is 1.10. The normalized spacial score (nSPS) is 14.8. The predicted octanol–water partition coefficient (Wildman–Crippen LogP) is 2.26. The van der Waals surface area contributed by atoms with Crippen molar-refractivity contribution in [2.24, 2.45) is 0 Å². The van der Waals surface area contributed by atoms with Gasteiger partial charge in [-0.15, -0.1) is 0 Å². The minimum Gasteiger partial charge on any atom is -0.792 e. The average Bonchev–Trinajstić information content (AvgIpc) is 2.13. The van der Waals surface area contributed by atoms with Crippen molar-refractivity contribution in [2.75, 3.05) is 6.66 Å². The molecule has 8 heteroatoms. The van der Waals surface area contributed by atoms with Crippen LogP contribution in [0.15, 0.2) is 18.2 Å². The molecule has 0 aliphatic carbocycles. The highest BCUT2D eigenvalue weighted by molar-refractivity contribution is 8.08. The molecule has 1 aromatic rings. The molecule has 0 fully saturated rings. The third kappa shape index (κ3) is 4.00. The molecule has 0 heterocycles. The van der Waals surface area contributed by atoms with Gasteiger partial charge in [-0.2, -0.15) is 18.4 Å². The standard InChI is InChI=1S/C9H7F3NO2PS/c1-16(14,17)15-7-3-2-6(5-13)8(4-7)9(10,11)12/h2-4H,1H3,(H,14,17)/p-1. The molecule has 0 bridgehead atoms. The van der Waals surface area contributed by atoms with E-state index in [0.717, 1.165) is 18.8 Å². The van der Waals surface area contributed by atoms with Crippen molar-refractivity contribution in [3.63, 3.8) is 0 Å². The van der Waals surface area contributed by atoms with Gasteiger partial charge in [0.1, 0.15) is 5.75 Å². The van der Waals surface area contributed by atoms with Crippen LogP contribution in [0.2, 0.25) is 0 Å². The largest absolute Gasteiger partial charge is 0.792 e. The maximum Gasteiger partial charge on any atom is 0.417 e. The highest BCUT2D eigenvalue weighted by Gasteiger charge is 2.34. The Morgan fingerprint density at radius 3 is 2.47 bits per heavy atom. The van der Waals surface area contributed by atoms with Gasteiger partial charge in [0.15, 0.2) is 0 Å². The molecule has 0 aliphatic rings. The summed E-state index contributed by atoms with van der Waals surface area (Å²) in [6.07, 6.45) is -4.68. The topological polar surface area (TPSA) is 56.1 Å². The van der Waals surface area contributed by atoms with E-state index in [1.807, 2.05) is 0 Å². The van der Waals surface area contributed by atoms with Crippen LogP contribution in [0.25, 0.3) is 0 Å². The molecular weight excluding hydrogens is 274 g/mol. The number of alkyl halides is 3. The number of hydrogen-bond donors (Lipinski definition) is 0. The van der Waals surface area contributed by atoms with E-state index in [9.17, 15) is 18.1 Å². The zero-order valence-corrected chi connectivity index (χ0v) is 10.2. The Kier molecular flexibility index (Phi) is 3.82. The second-order valence-electron chi connectivity index (χ2n) is 3.18. The van der Waals surface area contributed by atoms with Crippen LogP contribution in [-0.4, -0.2) is 6.66 Å². The van der Waals surface area contributed by atoms with E-state index >= 15 is 0 Å². The lowest BCUT2D eigenvalue weighted by Crippen LogP contribution is -2.09. The van der Waals surface area contributed by atoms with Crippen LogP contribution in [0.1, 0.15) is 11.1 Å². The minimum absolute atomic E-state index is 0.267. The number of nitriles is 1. The van der Waals surface area contributed by atoms with E-state index in [2.05, 4.69) is 11.8 Å². The van der Waals surface area contributed by atoms with Gasteiger partial charge >= 0.3 is 6.18 Å². The van der Waals surface area contributed by atoms with Gasteiger partial charge in [0.05, 0.1) is 17.2 Å². The summed E-state index contributed by atoms with van der Waals surface area (Å²) in [6.45, 7) is -2.25. The number of nitrogens with zero attached hydrogens (tertiary/aromatic N) is 1. The predicted molar refractivity (Wildman–Crippen MR) is 57.0 cm³/mol. The molecule has 0 saturated heterocycles. The first-order valence-corrected chi connectivity index (χ1v) is 7.31. The van der Waals surface area contributed by atoms with Gasteiger partial charge in [0.25, 0.3) is 0 Å². The van der Waals surface area contributed by atoms with Gasteiger partial charge in [-0.3, -0.25) is 0 Å². The van der Waals surface area contributed by atoms with Crippen molar-refractivity contribution in [1.82, 2.24) is 0 Å². The first-order chi connectivity index (χ1) is 7.63. The van der Waals surface area contributed by atoms with Crippen molar-refractivity contribution < 1.29 is 22.6 Å². The van der Waals surface area contributed by atoms with Crippen LogP contribution in [-0.2, 0) is 18.0 Å². The minimum atomic E-state index is -4.68. The molecular formula is C9H6F3NO2PS-. The Morgan fingerprint density at radius 2 is 2.06 bits per heavy atom. The molecule has 0 spiro atoms. The molecule has 0 aromatic heterocycles. The fourth-order valence-corrected chi connectivity index (χ4v) is 1.86. The zero-order valence-electron chi connectivity index (χ0n) is 8.49. The molecule has 92 valence electrons. The third-order valence-electron chi connectivity index (χ3n) is 1.69. The van der Waals surface area contributed by atoms with E-state index in [4.69, 9.17) is 9.79 Å². The molecule has 0 saturated carbocycles. The molecule has 1 unspecified atom stereocenters. The number of rotatable bonds is 2. The van der Waals surface area contributed by atoms with Crippen molar-refractivity contribution >= 4 is 18.3 Å². The summed E-state index contributed by atoms with van der Waals surface area (Å²) in [6, 6.07) is 4.10. The second kappa shape index (κ2) is 4.65. The highest BCUT2D eigenvalue weighted by atomic mass is 32.5. The van der Waals surface area contributed by atoms with Gasteiger partial charge < -0.3 is 9.42 Å². The van der Waals surface area contributed by atoms with E-state index in [1.54, 1.807) is 0 Å². The summed E-state index contributed by atoms with van der Waals surface area (Å²) in [7, 11) is 0. The van der Waals surface area contributed by atoms with Crippen molar-refractivity contribution in [3.8, 4) is 11.8 Å². The zero-order chi connectivity index (χ0) is 13.3. The lowest BCUT2D eigenvalue weighted by molar-refractivity contribution is -0.173. The number of benzene rings is 1. The quantitative estimate of drug-likeness (QED) is 0.780. The second-order valence-corrected chi connectivity index (χ2v) is 6.89. The first kappa shape index (κ1) is 14.0. The van der Waals surface area contributed by atoms with E-state index < -0.39 is 23.8 Å². The van der Waals surface area contributed by atoms with E-state index in [-0.39, 0.29) is 5.75 Å². The number of halogens is 3. The first-order valence-electron chi connectivity index (χ1n) is 4.23. The monoisotopic (exact) mass is 280 g/mol. The molecule has 1 rings (SSSR count). The van der Waals surface area contributed by atoms with Gasteiger partial charge in [-0.25, -0.2) is 0 Å². The Labute approximate surface area is 101 Å². The lowest BCUT2D eigenvalue weighted by Gasteiger charge is -2.24. The fraction of sp³-hybridized carbons (Fsp3) is 0.222. The molecule has 1 atom stereocenters. The van der Waals surface area contributed by atoms with Crippen LogP contribution in [0.4, 0.5) is 13.2 Å². The maximum absolute atomic E-state index is 12.5. The van der Waals surface area contributed by atoms with Crippen LogP contribution >= 0.6 is 6.49 Å². The van der Waals surface area contributed by atoms with E-state index in [0.29, 0.717) is 6.07 Å². The van der Waals surface area contributed by atoms with Crippen LogP contribution in [0, 0.1) is 11.3 Å². The summed E-state index contributed by atoms with van der Waals surface area (Å²) in [5, 5.41) is 8.54. The van der Waals surface area contributed by atoms with E-state index in [1.165, 1.54) is 6.07 Å². The third-order valence-corrected chi connectivity index (χ3v) is 2.45. The molecule has 0 amide bonds. The summed E-state index contributed by atoms with van der Waals surface area (Å²) >= 11 is 4.45. The van der Waals surface area contributed by atoms with Crippen LogP contribution < -0.4 is 9.42 Å². The summed E-state index contributed by atoms with van der Waals surface area (Å²) in [5.41, 5.74) is -1.67. The van der Waals surface area contributed by atoms with Crippen molar-refractivity contribution in [1.29, 1.82) is 5.26 Å². The van der Waals surface area contributed by atoms with Crippen LogP contribution in [0.5, 0.6) is 5.75 Å². The average molecular weight is 280 g/mol. The van der Waals surface area contributed by atoms with Gasteiger partial charge in [0, 0.05) is 6.49 Å². The van der Waals surface area contributed by atoms with Gasteiger partial charge in [0.2, 0.25) is 0 Å². The SMILES string of the molecule is CP([O-])(=S)Oc1ccc(C#N)c(C(F)(F)F)c1. The number of hydrogen-bond acceptors (Lipinski definition) is 4. The van der Waals surface area contributed by atoms with Gasteiger partial charge in [-0.05, 0) is 24.9 Å². The smallest absolute Gasteiger partial charge is 0.417 e. The molecule has 3 nitrogen and oxygen atoms in total. The van der Waals surface area contributed by atoms with Crippen molar-refractivity contribution in [2.45, 2.75) is 6.18 Å². The van der Waals surface area contributed by atoms with Gasteiger partial charge in [-0.1, -0.05) is 11.8 Å². The molecule has 0 radical (unpaired) electrons. The lowest BCUT2D eigenvalue weighted by atomic mass is 10.1. The highest BCUT2D eigenvalue weighted by Crippen LogP contribution is 2.38. The Morgan fingerprint density at radius 1 is 1.47 bits per heavy atom. The molecule has 17 heavy (non-hydrogen) atoms. The summed E-state index contributed by atoms with van der Waals surface area (Å²) < 4.78 is 42.3. The van der Waals surface area contributed by atoms with Crippen LogP contribution in [0.3, 0.4) is 0 Å². The summed E-state index contributed by atoms with van der Waals surface area (Å²) in [5.74, 6) is -0.267. The Bertz CT molecular complexity index is 518. The summed E-state index contributed by atoms with van der Waals surface area (Å²) in [4.78, 5) is 11.1. The Hall–Kier alpha value is -1.09. The molecule has 0 N–H and O–H groups in total. The maximum atomic E-state index is 12.5. The Balaban J connectivity index is 3.25. The molecule has 0 aliphatic heterocycles. The molecule has 1 aromatic carbocycles. The van der Waals surface area contributed by atoms with Crippen molar-refractivity contribution in [3.05, 3.63) is 29.3 Å².